The molecule has 0 aliphatic carbocycles. The SMILES string of the molecule is C=CCOc1cccc(C2/C(=C(\O)c3ccc4c(c3)OCCO4)C(=O)C(=O)N2Cc2ccccc2)c1. The average Bonchev–Trinajstić information content (AvgIpc) is 3.17. The minimum atomic E-state index is -0.814. The van der Waals surface area contributed by atoms with E-state index < -0.39 is 17.7 Å². The summed E-state index contributed by atoms with van der Waals surface area (Å²) in [5, 5.41) is 11.4. The molecular weight excluding hydrogens is 458 g/mol. The number of nitrogens with zero attached hydrogens (tertiary/aromatic N) is 1. The highest BCUT2D eigenvalue weighted by Crippen LogP contribution is 2.42. The molecule has 3 aromatic carbocycles. The number of hydrogen-bond donors (Lipinski definition) is 1. The third kappa shape index (κ3) is 4.43. The lowest BCUT2D eigenvalue weighted by Crippen LogP contribution is -2.29. The van der Waals surface area contributed by atoms with E-state index in [0.717, 1.165) is 5.56 Å². The second-order valence-electron chi connectivity index (χ2n) is 8.44. The van der Waals surface area contributed by atoms with Crippen LogP contribution in [-0.2, 0) is 16.1 Å². The van der Waals surface area contributed by atoms with Crippen LogP contribution in [0.1, 0.15) is 22.7 Å². The van der Waals surface area contributed by atoms with Gasteiger partial charge in [-0.3, -0.25) is 9.59 Å². The number of Topliss-reactive ketones (excluding diaryl/α,β-unsaturated/α-hetero) is 1. The van der Waals surface area contributed by atoms with Crippen molar-refractivity contribution in [1.29, 1.82) is 0 Å². The van der Waals surface area contributed by atoms with Crippen molar-refractivity contribution in [3.63, 3.8) is 0 Å². The molecule has 2 heterocycles. The molecule has 1 N–H and O–H groups in total. The van der Waals surface area contributed by atoms with Gasteiger partial charge in [0.15, 0.2) is 11.5 Å². The van der Waals surface area contributed by atoms with Gasteiger partial charge in [-0.2, -0.15) is 0 Å². The summed E-state index contributed by atoms with van der Waals surface area (Å²) in [6.07, 6.45) is 1.63. The van der Waals surface area contributed by atoms with Gasteiger partial charge < -0.3 is 24.2 Å². The molecule has 1 atom stereocenters. The maximum Gasteiger partial charge on any atom is 0.295 e. The Balaban J connectivity index is 1.62. The number of likely N-dealkylation sites (tertiary alicyclic amines) is 1. The zero-order chi connectivity index (χ0) is 25.1. The number of amides is 1. The standard InChI is InChI=1S/C29H25NO6/c1-2-13-34-22-10-6-9-20(16-22)26-25(27(31)21-11-12-23-24(17-21)36-15-14-35-23)28(32)29(33)30(26)18-19-7-4-3-5-8-19/h2-12,16-17,26,31H,1,13-15,18H2/b27-25+. The van der Waals surface area contributed by atoms with Crippen LogP contribution in [0.15, 0.2) is 91.0 Å². The Labute approximate surface area is 208 Å². The zero-order valence-corrected chi connectivity index (χ0v) is 19.6. The first-order chi connectivity index (χ1) is 17.6. The van der Waals surface area contributed by atoms with Crippen LogP contribution >= 0.6 is 0 Å². The van der Waals surface area contributed by atoms with Gasteiger partial charge in [0.1, 0.15) is 31.3 Å². The molecule has 3 aromatic rings. The van der Waals surface area contributed by atoms with E-state index in [1.807, 2.05) is 36.4 Å². The average molecular weight is 484 g/mol. The fourth-order valence-corrected chi connectivity index (χ4v) is 4.45. The molecule has 0 bridgehead atoms. The second-order valence-corrected chi connectivity index (χ2v) is 8.44. The van der Waals surface area contributed by atoms with Crippen LogP contribution in [0.4, 0.5) is 0 Å². The van der Waals surface area contributed by atoms with Crippen molar-refractivity contribution < 1.29 is 28.9 Å². The highest BCUT2D eigenvalue weighted by molar-refractivity contribution is 6.46. The van der Waals surface area contributed by atoms with Gasteiger partial charge in [0.25, 0.3) is 11.7 Å². The second kappa shape index (κ2) is 10.00. The number of fused-ring (bicyclic) bond motifs is 1. The van der Waals surface area contributed by atoms with Crippen LogP contribution in [0, 0.1) is 0 Å². The fourth-order valence-electron chi connectivity index (χ4n) is 4.45. The zero-order valence-electron chi connectivity index (χ0n) is 19.6. The van der Waals surface area contributed by atoms with E-state index in [-0.39, 0.29) is 17.9 Å². The Morgan fingerprint density at radius 3 is 2.56 bits per heavy atom. The monoisotopic (exact) mass is 483 g/mol. The Morgan fingerprint density at radius 2 is 1.78 bits per heavy atom. The summed E-state index contributed by atoms with van der Waals surface area (Å²) in [5.41, 5.74) is 1.88. The number of aliphatic hydroxyl groups excluding tert-OH is 1. The lowest BCUT2D eigenvalue weighted by atomic mass is 9.95. The van der Waals surface area contributed by atoms with Crippen molar-refractivity contribution in [2.24, 2.45) is 0 Å². The van der Waals surface area contributed by atoms with E-state index >= 15 is 0 Å². The van der Waals surface area contributed by atoms with E-state index in [0.29, 0.717) is 48.2 Å². The number of carbonyl (C=O) groups excluding carboxylic acids is 2. The summed E-state index contributed by atoms with van der Waals surface area (Å²) in [6, 6.07) is 20.7. The lowest BCUT2D eigenvalue weighted by Gasteiger charge is -2.26. The van der Waals surface area contributed by atoms with Crippen LogP contribution in [0.5, 0.6) is 17.2 Å². The van der Waals surface area contributed by atoms with E-state index in [2.05, 4.69) is 6.58 Å². The van der Waals surface area contributed by atoms with Crippen molar-refractivity contribution in [3.05, 3.63) is 108 Å². The quantitative estimate of drug-likeness (QED) is 0.228. The summed E-state index contributed by atoms with van der Waals surface area (Å²) in [4.78, 5) is 28.1. The molecule has 1 fully saturated rings. The minimum absolute atomic E-state index is 0.00785. The largest absolute Gasteiger partial charge is 0.507 e. The molecule has 7 heteroatoms. The lowest BCUT2D eigenvalue weighted by molar-refractivity contribution is -0.140. The number of hydrogen-bond acceptors (Lipinski definition) is 6. The minimum Gasteiger partial charge on any atom is -0.507 e. The molecule has 7 nitrogen and oxygen atoms in total. The number of carbonyl (C=O) groups is 2. The van der Waals surface area contributed by atoms with Gasteiger partial charge in [-0.1, -0.05) is 55.1 Å². The van der Waals surface area contributed by atoms with Crippen molar-refractivity contribution in [2.75, 3.05) is 19.8 Å². The Kier molecular flexibility index (Phi) is 6.45. The van der Waals surface area contributed by atoms with Crippen molar-refractivity contribution in [2.45, 2.75) is 12.6 Å². The number of aliphatic hydroxyl groups is 1. The van der Waals surface area contributed by atoms with E-state index in [1.165, 1.54) is 4.90 Å². The molecule has 2 aliphatic rings. The van der Waals surface area contributed by atoms with Crippen LogP contribution in [0.2, 0.25) is 0 Å². The van der Waals surface area contributed by atoms with Crippen molar-refractivity contribution in [3.8, 4) is 17.2 Å². The Morgan fingerprint density at radius 1 is 1.00 bits per heavy atom. The highest BCUT2D eigenvalue weighted by Gasteiger charge is 2.46. The molecule has 1 unspecified atom stereocenters. The summed E-state index contributed by atoms with van der Waals surface area (Å²) in [5.74, 6) is -0.104. The first-order valence-corrected chi connectivity index (χ1v) is 11.6. The number of ether oxygens (including phenoxy) is 3. The maximum absolute atomic E-state index is 13.3. The molecule has 2 aliphatic heterocycles. The molecule has 1 saturated heterocycles. The van der Waals surface area contributed by atoms with Gasteiger partial charge in [0.2, 0.25) is 0 Å². The first-order valence-electron chi connectivity index (χ1n) is 11.6. The fraction of sp³-hybridized carbons (Fsp3) is 0.172. The van der Waals surface area contributed by atoms with E-state index in [9.17, 15) is 14.7 Å². The predicted molar refractivity (Wildman–Crippen MR) is 134 cm³/mol. The Hall–Kier alpha value is -4.52. The third-order valence-corrected chi connectivity index (χ3v) is 6.09. The van der Waals surface area contributed by atoms with Crippen LogP contribution in [0.3, 0.4) is 0 Å². The smallest absolute Gasteiger partial charge is 0.295 e. The summed E-state index contributed by atoms with van der Waals surface area (Å²) < 4.78 is 16.9. The first kappa shape index (κ1) is 23.2. The molecule has 0 saturated carbocycles. The van der Waals surface area contributed by atoms with Crippen LogP contribution < -0.4 is 14.2 Å². The molecule has 1 amide bonds. The summed E-state index contributed by atoms with van der Waals surface area (Å²) >= 11 is 0. The van der Waals surface area contributed by atoms with Crippen LogP contribution in [0.25, 0.3) is 5.76 Å². The van der Waals surface area contributed by atoms with Gasteiger partial charge in [0.05, 0.1) is 11.6 Å². The summed E-state index contributed by atoms with van der Waals surface area (Å²) in [7, 11) is 0. The molecular formula is C29H25NO6. The van der Waals surface area contributed by atoms with Crippen molar-refractivity contribution in [1.82, 2.24) is 4.90 Å². The molecule has 0 spiro atoms. The van der Waals surface area contributed by atoms with Crippen LogP contribution in [-0.4, -0.2) is 41.5 Å². The molecule has 36 heavy (non-hydrogen) atoms. The van der Waals surface area contributed by atoms with E-state index in [4.69, 9.17) is 14.2 Å². The van der Waals surface area contributed by atoms with Gasteiger partial charge in [-0.25, -0.2) is 0 Å². The number of ketones is 1. The number of benzene rings is 3. The van der Waals surface area contributed by atoms with Gasteiger partial charge in [-0.15, -0.1) is 0 Å². The highest BCUT2D eigenvalue weighted by atomic mass is 16.6. The number of rotatable bonds is 7. The molecule has 0 radical (unpaired) electrons. The van der Waals surface area contributed by atoms with Gasteiger partial charge >= 0.3 is 0 Å². The molecule has 5 rings (SSSR count). The molecule has 0 aromatic heterocycles. The van der Waals surface area contributed by atoms with E-state index in [1.54, 1.807) is 42.5 Å². The molecule has 182 valence electrons. The van der Waals surface area contributed by atoms with Gasteiger partial charge in [-0.05, 0) is 41.5 Å². The predicted octanol–water partition coefficient (Wildman–Crippen LogP) is 4.64. The normalized spacial score (nSPS) is 18.2. The summed E-state index contributed by atoms with van der Waals surface area (Å²) in [6.45, 7) is 5.00. The maximum atomic E-state index is 13.3. The van der Waals surface area contributed by atoms with Crippen molar-refractivity contribution >= 4 is 17.4 Å². The van der Waals surface area contributed by atoms with Gasteiger partial charge in [0, 0.05) is 12.1 Å². The Bertz CT molecular complexity index is 1350. The third-order valence-electron chi connectivity index (χ3n) is 6.09. The topological polar surface area (TPSA) is 85.3 Å².